The van der Waals surface area contributed by atoms with Crippen LogP contribution in [0, 0.1) is 11.8 Å². The van der Waals surface area contributed by atoms with E-state index in [1.165, 1.54) is 30.5 Å². The fourth-order valence-corrected chi connectivity index (χ4v) is 3.32. The number of hydrogen-bond acceptors (Lipinski definition) is 2. The molecule has 3 rings (SSSR count). The van der Waals surface area contributed by atoms with Gasteiger partial charge < -0.3 is 5.32 Å². The quantitative estimate of drug-likeness (QED) is 0.871. The molecule has 2 aromatic rings. The number of nitrogens with one attached hydrogen (secondary N) is 2. The van der Waals surface area contributed by atoms with E-state index in [1.54, 1.807) is 6.20 Å². The summed E-state index contributed by atoms with van der Waals surface area (Å²) in [7, 11) is 0. The molecule has 2 unspecified atom stereocenters. The van der Waals surface area contributed by atoms with Crippen LogP contribution in [-0.4, -0.2) is 16.2 Å². The molecule has 0 spiro atoms. The Hall–Kier alpha value is -1.77. The standard InChI is InChI=1S/C17H23N3/c1-12-4-3-5-13(2)17(12)19-15-8-6-14(7-9-15)16-10-11-18-20-16/h6-13,17,19H,3-5H2,1-2H3,(H,18,20). The van der Waals surface area contributed by atoms with Crippen molar-refractivity contribution in [2.45, 2.75) is 39.2 Å². The molecule has 1 fully saturated rings. The fourth-order valence-electron chi connectivity index (χ4n) is 3.32. The van der Waals surface area contributed by atoms with Gasteiger partial charge in [0.15, 0.2) is 0 Å². The number of H-pyrrole nitrogens is 1. The second-order valence-electron chi connectivity index (χ2n) is 6.10. The van der Waals surface area contributed by atoms with Crippen molar-refractivity contribution in [1.82, 2.24) is 10.2 Å². The average Bonchev–Trinajstić information content (AvgIpc) is 2.98. The number of anilines is 1. The maximum atomic E-state index is 3.99. The second kappa shape index (κ2) is 5.70. The van der Waals surface area contributed by atoms with Crippen LogP contribution in [0.15, 0.2) is 36.5 Å². The minimum atomic E-state index is 0.599. The third kappa shape index (κ3) is 2.72. The molecule has 3 nitrogen and oxygen atoms in total. The number of rotatable bonds is 3. The molecular weight excluding hydrogens is 246 g/mol. The Kier molecular flexibility index (Phi) is 3.77. The van der Waals surface area contributed by atoms with Gasteiger partial charge in [-0.1, -0.05) is 32.4 Å². The molecule has 1 aliphatic rings. The SMILES string of the molecule is CC1CCCC(C)C1Nc1ccc(-c2ccn[nH]2)cc1. The summed E-state index contributed by atoms with van der Waals surface area (Å²) >= 11 is 0. The Morgan fingerprint density at radius 1 is 1.05 bits per heavy atom. The summed E-state index contributed by atoms with van der Waals surface area (Å²) in [6.07, 6.45) is 5.84. The van der Waals surface area contributed by atoms with Crippen LogP contribution < -0.4 is 5.32 Å². The maximum Gasteiger partial charge on any atom is 0.0650 e. The van der Waals surface area contributed by atoms with Gasteiger partial charge in [0.2, 0.25) is 0 Å². The van der Waals surface area contributed by atoms with Crippen molar-refractivity contribution in [1.29, 1.82) is 0 Å². The first-order valence-corrected chi connectivity index (χ1v) is 7.60. The predicted molar refractivity (Wildman–Crippen MR) is 83.6 cm³/mol. The Balaban J connectivity index is 1.71. The normalized spacial score (nSPS) is 26.4. The predicted octanol–water partition coefficient (Wildman–Crippen LogP) is 4.31. The van der Waals surface area contributed by atoms with Crippen LogP contribution in [-0.2, 0) is 0 Å². The molecule has 1 saturated carbocycles. The zero-order valence-electron chi connectivity index (χ0n) is 12.3. The van der Waals surface area contributed by atoms with Gasteiger partial charge in [-0.2, -0.15) is 5.10 Å². The van der Waals surface area contributed by atoms with Gasteiger partial charge in [-0.3, -0.25) is 5.10 Å². The Labute approximate surface area is 120 Å². The first kappa shape index (κ1) is 13.2. The Bertz CT molecular complexity index is 520. The van der Waals surface area contributed by atoms with Crippen LogP contribution in [0.5, 0.6) is 0 Å². The van der Waals surface area contributed by atoms with Crippen LogP contribution in [0.3, 0.4) is 0 Å². The molecule has 1 aromatic carbocycles. The largest absolute Gasteiger partial charge is 0.382 e. The van der Waals surface area contributed by atoms with Crippen LogP contribution in [0.2, 0.25) is 0 Å². The minimum Gasteiger partial charge on any atom is -0.382 e. The van der Waals surface area contributed by atoms with Gasteiger partial charge in [0.1, 0.15) is 0 Å². The molecule has 1 aliphatic carbocycles. The molecule has 1 aromatic heterocycles. The zero-order chi connectivity index (χ0) is 13.9. The van der Waals surface area contributed by atoms with Gasteiger partial charge in [-0.25, -0.2) is 0 Å². The summed E-state index contributed by atoms with van der Waals surface area (Å²) < 4.78 is 0. The number of nitrogens with zero attached hydrogens (tertiary/aromatic N) is 1. The second-order valence-corrected chi connectivity index (χ2v) is 6.10. The summed E-state index contributed by atoms with van der Waals surface area (Å²) in [5.74, 6) is 1.51. The number of aromatic nitrogens is 2. The van der Waals surface area contributed by atoms with E-state index >= 15 is 0 Å². The van der Waals surface area contributed by atoms with Crippen LogP contribution in [0.4, 0.5) is 5.69 Å². The molecule has 20 heavy (non-hydrogen) atoms. The molecular formula is C17H23N3. The van der Waals surface area contributed by atoms with Crippen LogP contribution in [0.1, 0.15) is 33.1 Å². The van der Waals surface area contributed by atoms with E-state index in [9.17, 15) is 0 Å². The molecule has 0 radical (unpaired) electrons. The first-order chi connectivity index (χ1) is 9.74. The lowest BCUT2D eigenvalue weighted by Gasteiger charge is -2.35. The molecule has 0 saturated heterocycles. The smallest absolute Gasteiger partial charge is 0.0650 e. The van der Waals surface area contributed by atoms with E-state index in [-0.39, 0.29) is 0 Å². The van der Waals surface area contributed by atoms with Crippen molar-refractivity contribution >= 4 is 5.69 Å². The number of hydrogen-bond donors (Lipinski definition) is 2. The van der Waals surface area contributed by atoms with Crippen LogP contribution >= 0.6 is 0 Å². The van der Waals surface area contributed by atoms with Crippen LogP contribution in [0.25, 0.3) is 11.3 Å². The third-order valence-corrected chi connectivity index (χ3v) is 4.58. The van der Waals surface area contributed by atoms with Crippen molar-refractivity contribution in [3.63, 3.8) is 0 Å². The molecule has 0 aliphatic heterocycles. The Morgan fingerprint density at radius 3 is 2.35 bits per heavy atom. The lowest BCUT2D eigenvalue weighted by atomic mass is 9.78. The van der Waals surface area contributed by atoms with Crippen molar-refractivity contribution < 1.29 is 0 Å². The van der Waals surface area contributed by atoms with E-state index < -0.39 is 0 Å². The molecule has 1 heterocycles. The Morgan fingerprint density at radius 2 is 1.75 bits per heavy atom. The van der Waals surface area contributed by atoms with E-state index in [2.05, 4.69) is 53.6 Å². The molecule has 0 amide bonds. The molecule has 3 heteroatoms. The molecule has 0 bridgehead atoms. The highest BCUT2D eigenvalue weighted by Crippen LogP contribution is 2.31. The van der Waals surface area contributed by atoms with E-state index in [0.717, 1.165) is 17.5 Å². The number of aromatic amines is 1. The maximum absolute atomic E-state index is 3.99. The number of benzene rings is 1. The van der Waals surface area contributed by atoms with Crippen molar-refractivity contribution in [3.05, 3.63) is 36.5 Å². The van der Waals surface area contributed by atoms with Gasteiger partial charge in [0, 0.05) is 17.9 Å². The summed E-state index contributed by atoms with van der Waals surface area (Å²) in [5, 5.41) is 10.7. The highest BCUT2D eigenvalue weighted by molar-refractivity contribution is 5.62. The average molecular weight is 269 g/mol. The first-order valence-electron chi connectivity index (χ1n) is 7.60. The fraction of sp³-hybridized carbons (Fsp3) is 0.471. The summed E-state index contributed by atoms with van der Waals surface area (Å²) in [4.78, 5) is 0. The lowest BCUT2D eigenvalue weighted by Crippen LogP contribution is -2.36. The summed E-state index contributed by atoms with van der Waals surface area (Å²) in [6.45, 7) is 4.73. The van der Waals surface area contributed by atoms with Gasteiger partial charge >= 0.3 is 0 Å². The topological polar surface area (TPSA) is 40.7 Å². The van der Waals surface area contributed by atoms with Gasteiger partial charge in [0.25, 0.3) is 0 Å². The van der Waals surface area contributed by atoms with E-state index in [4.69, 9.17) is 0 Å². The van der Waals surface area contributed by atoms with Crippen molar-refractivity contribution in [2.75, 3.05) is 5.32 Å². The lowest BCUT2D eigenvalue weighted by molar-refractivity contribution is 0.268. The molecule has 2 N–H and O–H groups in total. The van der Waals surface area contributed by atoms with E-state index in [1.807, 2.05) is 6.07 Å². The summed E-state index contributed by atoms with van der Waals surface area (Å²) in [5.41, 5.74) is 3.47. The van der Waals surface area contributed by atoms with Gasteiger partial charge in [-0.15, -0.1) is 0 Å². The summed E-state index contributed by atoms with van der Waals surface area (Å²) in [6, 6.07) is 11.2. The van der Waals surface area contributed by atoms with Gasteiger partial charge in [-0.05, 0) is 48.4 Å². The highest BCUT2D eigenvalue weighted by atomic mass is 15.1. The monoisotopic (exact) mass is 269 g/mol. The molecule has 2 atom stereocenters. The van der Waals surface area contributed by atoms with Gasteiger partial charge in [0.05, 0.1) is 5.69 Å². The minimum absolute atomic E-state index is 0.599. The third-order valence-electron chi connectivity index (χ3n) is 4.58. The van der Waals surface area contributed by atoms with Crippen molar-refractivity contribution in [3.8, 4) is 11.3 Å². The van der Waals surface area contributed by atoms with E-state index in [0.29, 0.717) is 6.04 Å². The highest BCUT2D eigenvalue weighted by Gasteiger charge is 2.27. The molecule has 106 valence electrons. The zero-order valence-corrected chi connectivity index (χ0v) is 12.3. The van der Waals surface area contributed by atoms with Crippen molar-refractivity contribution in [2.24, 2.45) is 11.8 Å².